The average molecular weight is 362 g/mol. The number of nitrogens with one attached hydrogen (secondary N) is 1. The highest BCUT2D eigenvalue weighted by Crippen LogP contribution is 2.36. The maximum atomic E-state index is 13.1. The normalized spacial score (nSPS) is 15.4. The Labute approximate surface area is 150 Å². The number of hydrogen-bond donors (Lipinski definition) is 1. The maximum absolute atomic E-state index is 13.1. The topological polar surface area (TPSA) is 32.3 Å². The summed E-state index contributed by atoms with van der Waals surface area (Å²) in [6, 6.07) is 12.1. The molecule has 2 aromatic rings. The SMILES string of the molecule is O=C(Nc1cc(C(F)(F)F)ccc1N1CCCCCC1)c1ccccc1. The van der Waals surface area contributed by atoms with Crippen molar-refractivity contribution in [3.05, 3.63) is 59.7 Å². The molecule has 138 valence electrons. The lowest BCUT2D eigenvalue weighted by Gasteiger charge is -2.26. The van der Waals surface area contributed by atoms with Crippen LogP contribution in [0.4, 0.5) is 24.5 Å². The molecule has 1 fully saturated rings. The van der Waals surface area contributed by atoms with E-state index in [1.54, 1.807) is 30.3 Å². The Balaban J connectivity index is 1.94. The number of rotatable bonds is 3. The van der Waals surface area contributed by atoms with Gasteiger partial charge in [-0.3, -0.25) is 4.79 Å². The molecule has 0 spiro atoms. The van der Waals surface area contributed by atoms with Crippen molar-refractivity contribution in [2.24, 2.45) is 0 Å². The highest BCUT2D eigenvalue weighted by molar-refractivity contribution is 6.06. The summed E-state index contributed by atoms with van der Waals surface area (Å²) >= 11 is 0. The first kappa shape index (κ1) is 18.3. The molecule has 1 N–H and O–H groups in total. The molecule has 0 aromatic heterocycles. The molecule has 1 saturated heterocycles. The lowest BCUT2D eigenvalue weighted by molar-refractivity contribution is -0.137. The third kappa shape index (κ3) is 4.36. The van der Waals surface area contributed by atoms with Crippen LogP contribution in [0.1, 0.15) is 41.6 Å². The minimum absolute atomic E-state index is 0.204. The molecule has 1 aliphatic heterocycles. The Morgan fingerprint density at radius 2 is 1.58 bits per heavy atom. The zero-order chi connectivity index (χ0) is 18.6. The predicted molar refractivity (Wildman–Crippen MR) is 96.5 cm³/mol. The smallest absolute Gasteiger partial charge is 0.370 e. The van der Waals surface area contributed by atoms with Gasteiger partial charge in [0.1, 0.15) is 0 Å². The Morgan fingerprint density at radius 3 is 2.19 bits per heavy atom. The summed E-state index contributed by atoms with van der Waals surface area (Å²) in [5, 5.41) is 2.68. The van der Waals surface area contributed by atoms with Crippen molar-refractivity contribution in [3.8, 4) is 0 Å². The van der Waals surface area contributed by atoms with Crippen LogP contribution < -0.4 is 10.2 Å². The van der Waals surface area contributed by atoms with Crippen molar-refractivity contribution in [2.45, 2.75) is 31.9 Å². The van der Waals surface area contributed by atoms with Gasteiger partial charge >= 0.3 is 6.18 Å². The van der Waals surface area contributed by atoms with Crippen LogP contribution in [0.15, 0.2) is 48.5 Å². The average Bonchev–Trinajstić information content (AvgIpc) is 2.91. The van der Waals surface area contributed by atoms with Crippen LogP contribution >= 0.6 is 0 Å². The Hall–Kier alpha value is -2.50. The number of anilines is 2. The van der Waals surface area contributed by atoms with Gasteiger partial charge in [0.15, 0.2) is 0 Å². The Kier molecular flexibility index (Phi) is 5.49. The van der Waals surface area contributed by atoms with E-state index in [-0.39, 0.29) is 5.69 Å². The Morgan fingerprint density at radius 1 is 0.923 bits per heavy atom. The number of alkyl halides is 3. The van der Waals surface area contributed by atoms with Gasteiger partial charge in [-0.25, -0.2) is 0 Å². The first-order valence-corrected chi connectivity index (χ1v) is 8.78. The fraction of sp³-hybridized carbons (Fsp3) is 0.350. The van der Waals surface area contributed by atoms with E-state index in [1.165, 1.54) is 6.07 Å². The van der Waals surface area contributed by atoms with E-state index in [2.05, 4.69) is 10.2 Å². The largest absolute Gasteiger partial charge is 0.416 e. The second kappa shape index (κ2) is 7.81. The summed E-state index contributed by atoms with van der Waals surface area (Å²) in [4.78, 5) is 14.5. The zero-order valence-electron chi connectivity index (χ0n) is 14.4. The van der Waals surface area contributed by atoms with Crippen molar-refractivity contribution in [1.82, 2.24) is 0 Å². The first-order chi connectivity index (χ1) is 12.4. The highest BCUT2D eigenvalue weighted by atomic mass is 19.4. The number of amides is 1. The van der Waals surface area contributed by atoms with Gasteiger partial charge < -0.3 is 10.2 Å². The van der Waals surface area contributed by atoms with Crippen molar-refractivity contribution in [2.75, 3.05) is 23.3 Å². The van der Waals surface area contributed by atoms with Crippen LogP contribution in [0.3, 0.4) is 0 Å². The monoisotopic (exact) mass is 362 g/mol. The molecule has 1 amide bonds. The van der Waals surface area contributed by atoms with E-state index in [9.17, 15) is 18.0 Å². The van der Waals surface area contributed by atoms with Crippen LogP contribution in [-0.2, 0) is 6.18 Å². The number of nitrogens with zero attached hydrogens (tertiary/aromatic N) is 1. The molecule has 0 aliphatic carbocycles. The van der Waals surface area contributed by atoms with Crippen LogP contribution in [0.2, 0.25) is 0 Å². The van der Waals surface area contributed by atoms with Crippen molar-refractivity contribution in [1.29, 1.82) is 0 Å². The molecule has 2 aromatic carbocycles. The van der Waals surface area contributed by atoms with E-state index in [4.69, 9.17) is 0 Å². The van der Waals surface area contributed by atoms with Gasteiger partial charge in [0.25, 0.3) is 5.91 Å². The summed E-state index contributed by atoms with van der Waals surface area (Å²) < 4.78 is 39.4. The van der Waals surface area contributed by atoms with Gasteiger partial charge in [0.05, 0.1) is 16.9 Å². The number of halogens is 3. The maximum Gasteiger partial charge on any atom is 0.416 e. The summed E-state index contributed by atoms with van der Waals surface area (Å²) in [6.45, 7) is 1.55. The van der Waals surface area contributed by atoms with Gasteiger partial charge in [-0.2, -0.15) is 13.2 Å². The lowest BCUT2D eigenvalue weighted by atomic mass is 10.1. The fourth-order valence-electron chi connectivity index (χ4n) is 3.18. The van der Waals surface area contributed by atoms with E-state index in [1.807, 2.05) is 0 Å². The van der Waals surface area contributed by atoms with Gasteiger partial charge in [-0.1, -0.05) is 31.0 Å². The molecule has 26 heavy (non-hydrogen) atoms. The molecule has 0 radical (unpaired) electrons. The van der Waals surface area contributed by atoms with Crippen molar-refractivity contribution < 1.29 is 18.0 Å². The molecule has 1 aliphatic rings. The van der Waals surface area contributed by atoms with Gasteiger partial charge in [0.2, 0.25) is 0 Å². The van der Waals surface area contributed by atoms with Crippen LogP contribution in [0, 0.1) is 0 Å². The van der Waals surface area contributed by atoms with Crippen LogP contribution in [-0.4, -0.2) is 19.0 Å². The molecule has 0 bridgehead atoms. The zero-order valence-corrected chi connectivity index (χ0v) is 14.4. The number of carbonyl (C=O) groups excluding carboxylic acids is 1. The summed E-state index contributed by atoms with van der Waals surface area (Å²) in [5.74, 6) is -0.416. The van der Waals surface area contributed by atoms with E-state index < -0.39 is 17.6 Å². The van der Waals surface area contributed by atoms with E-state index in [0.29, 0.717) is 11.3 Å². The minimum Gasteiger partial charge on any atom is -0.370 e. The molecule has 3 nitrogen and oxygen atoms in total. The second-order valence-corrected chi connectivity index (χ2v) is 6.45. The first-order valence-electron chi connectivity index (χ1n) is 8.78. The van der Waals surface area contributed by atoms with Crippen LogP contribution in [0.5, 0.6) is 0 Å². The minimum atomic E-state index is -4.45. The molecule has 1 heterocycles. The number of hydrogen-bond acceptors (Lipinski definition) is 2. The molecular formula is C20H21F3N2O. The van der Waals surface area contributed by atoms with Crippen LogP contribution in [0.25, 0.3) is 0 Å². The highest BCUT2D eigenvalue weighted by Gasteiger charge is 2.31. The number of carbonyl (C=O) groups is 1. The Bertz CT molecular complexity index is 751. The standard InChI is InChI=1S/C20H21F3N2O/c21-20(22,23)16-10-11-18(25-12-6-1-2-7-13-25)17(14-16)24-19(26)15-8-4-3-5-9-15/h3-5,8-11,14H,1-2,6-7,12-13H2,(H,24,26). The van der Waals surface area contributed by atoms with Gasteiger partial charge in [0, 0.05) is 18.7 Å². The number of benzene rings is 2. The summed E-state index contributed by atoms with van der Waals surface area (Å²) in [5.41, 5.74) is 0.492. The fourth-order valence-corrected chi connectivity index (χ4v) is 3.18. The summed E-state index contributed by atoms with van der Waals surface area (Å²) in [7, 11) is 0. The van der Waals surface area contributed by atoms with Gasteiger partial charge in [-0.15, -0.1) is 0 Å². The van der Waals surface area contributed by atoms with E-state index >= 15 is 0 Å². The lowest BCUT2D eigenvalue weighted by Crippen LogP contribution is -2.26. The molecule has 6 heteroatoms. The summed E-state index contributed by atoms with van der Waals surface area (Å²) in [6.07, 6.45) is -0.241. The third-order valence-corrected chi connectivity index (χ3v) is 4.55. The van der Waals surface area contributed by atoms with Crippen molar-refractivity contribution in [3.63, 3.8) is 0 Å². The quantitative estimate of drug-likeness (QED) is 0.799. The molecule has 0 saturated carbocycles. The molecule has 0 unspecified atom stereocenters. The second-order valence-electron chi connectivity index (χ2n) is 6.45. The predicted octanol–water partition coefficient (Wildman–Crippen LogP) is 5.34. The van der Waals surface area contributed by atoms with Gasteiger partial charge in [-0.05, 0) is 43.2 Å². The molecular weight excluding hydrogens is 341 g/mol. The van der Waals surface area contributed by atoms with E-state index in [0.717, 1.165) is 50.9 Å². The molecule has 0 atom stereocenters. The third-order valence-electron chi connectivity index (χ3n) is 4.55. The molecule has 3 rings (SSSR count). The van der Waals surface area contributed by atoms with Crippen molar-refractivity contribution >= 4 is 17.3 Å².